The SMILES string of the molecule is CC(C)=CCC[C@@H](C)CCC=C(O)[C@@H]1[C@@H]2CC(CCOCCO)=C[C@@H]2C[C@H]1O. The second-order valence-corrected chi connectivity index (χ2v) is 8.94. The van der Waals surface area contributed by atoms with Crippen LogP contribution >= 0.6 is 0 Å². The third kappa shape index (κ3) is 7.06. The van der Waals surface area contributed by atoms with E-state index in [0.717, 1.165) is 38.5 Å². The maximum absolute atomic E-state index is 10.7. The van der Waals surface area contributed by atoms with Crippen LogP contribution in [-0.2, 0) is 4.74 Å². The van der Waals surface area contributed by atoms with Gasteiger partial charge in [-0.25, -0.2) is 0 Å². The van der Waals surface area contributed by atoms with Gasteiger partial charge in [0.15, 0.2) is 0 Å². The maximum Gasteiger partial charge on any atom is 0.0942 e. The molecule has 0 bridgehead atoms. The second-order valence-electron chi connectivity index (χ2n) is 8.94. The molecule has 0 aliphatic heterocycles. The molecular formula is C24H40O4. The molecule has 1 fully saturated rings. The lowest BCUT2D eigenvalue weighted by Gasteiger charge is -2.21. The van der Waals surface area contributed by atoms with Crippen LogP contribution in [0.5, 0.6) is 0 Å². The predicted molar refractivity (Wildman–Crippen MR) is 114 cm³/mol. The van der Waals surface area contributed by atoms with Crippen LogP contribution in [0.4, 0.5) is 0 Å². The molecule has 0 heterocycles. The number of rotatable bonds is 12. The summed E-state index contributed by atoms with van der Waals surface area (Å²) in [6, 6.07) is 0. The zero-order valence-corrected chi connectivity index (χ0v) is 17.9. The van der Waals surface area contributed by atoms with Gasteiger partial charge in [-0.1, -0.05) is 30.2 Å². The van der Waals surface area contributed by atoms with Crippen molar-refractivity contribution < 1.29 is 20.1 Å². The molecule has 0 spiro atoms. The topological polar surface area (TPSA) is 69.9 Å². The minimum atomic E-state index is -0.440. The highest BCUT2D eigenvalue weighted by atomic mass is 16.5. The van der Waals surface area contributed by atoms with Crippen molar-refractivity contribution in [2.75, 3.05) is 19.8 Å². The molecule has 5 atom stereocenters. The summed E-state index contributed by atoms with van der Waals surface area (Å²) in [4.78, 5) is 0. The number of hydrogen-bond acceptors (Lipinski definition) is 4. The van der Waals surface area contributed by atoms with Gasteiger partial charge in [-0.3, -0.25) is 0 Å². The van der Waals surface area contributed by atoms with E-state index in [1.807, 2.05) is 6.08 Å². The molecule has 0 radical (unpaired) electrons. The molecule has 1 saturated carbocycles. The minimum absolute atomic E-state index is 0.0603. The summed E-state index contributed by atoms with van der Waals surface area (Å²) in [5, 5.41) is 29.9. The predicted octanol–water partition coefficient (Wildman–Crippen LogP) is 4.93. The van der Waals surface area contributed by atoms with Gasteiger partial charge in [0.2, 0.25) is 0 Å². The molecule has 4 heteroatoms. The Balaban J connectivity index is 1.79. The van der Waals surface area contributed by atoms with Gasteiger partial charge in [0.1, 0.15) is 0 Å². The van der Waals surface area contributed by atoms with Crippen LogP contribution in [0, 0.1) is 23.7 Å². The summed E-state index contributed by atoms with van der Waals surface area (Å²) in [5.41, 5.74) is 2.74. The average Bonchev–Trinajstić information content (AvgIpc) is 3.14. The summed E-state index contributed by atoms with van der Waals surface area (Å²) in [6.07, 6.45) is 12.9. The lowest BCUT2D eigenvalue weighted by Crippen LogP contribution is -2.22. The largest absolute Gasteiger partial charge is 0.512 e. The first-order chi connectivity index (χ1) is 13.4. The maximum atomic E-state index is 10.7. The summed E-state index contributed by atoms with van der Waals surface area (Å²) < 4.78 is 5.37. The van der Waals surface area contributed by atoms with Crippen LogP contribution < -0.4 is 0 Å². The number of aliphatic hydroxyl groups excluding tert-OH is 3. The molecule has 160 valence electrons. The summed E-state index contributed by atoms with van der Waals surface area (Å²) in [5.74, 6) is 1.58. The van der Waals surface area contributed by atoms with Crippen LogP contribution in [0.3, 0.4) is 0 Å². The van der Waals surface area contributed by atoms with Crippen molar-refractivity contribution in [1.82, 2.24) is 0 Å². The van der Waals surface area contributed by atoms with Crippen LogP contribution in [0.25, 0.3) is 0 Å². The molecule has 2 aliphatic carbocycles. The van der Waals surface area contributed by atoms with Gasteiger partial charge in [-0.2, -0.15) is 0 Å². The Morgan fingerprint density at radius 3 is 2.61 bits per heavy atom. The number of hydrogen-bond donors (Lipinski definition) is 3. The van der Waals surface area contributed by atoms with Gasteiger partial charge in [-0.15, -0.1) is 0 Å². The molecule has 0 amide bonds. The molecule has 28 heavy (non-hydrogen) atoms. The average molecular weight is 393 g/mol. The fourth-order valence-electron chi connectivity index (χ4n) is 4.72. The molecule has 0 saturated heterocycles. The monoisotopic (exact) mass is 392 g/mol. The van der Waals surface area contributed by atoms with Gasteiger partial charge < -0.3 is 20.1 Å². The van der Waals surface area contributed by atoms with Crippen LogP contribution in [0.2, 0.25) is 0 Å². The number of aliphatic hydroxyl groups is 3. The van der Waals surface area contributed by atoms with Crippen molar-refractivity contribution in [2.45, 2.75) is 71.8 Å². The quantitative estimate of drug-likeness (QED) is 0.250. The standard InChI is InChI=1S/C24H40O4/c1-17(2)6-4-7-18(3)8-5-9-22(26)24-21-15-19(10-12-28-13-11-25)14-20(21)16-23(24)27/h6,9,14,18,20-21,23-27H,4-5,7-8,10-13,15-16H2,1-3H3/t18-,20-,21-,23-,24+/m1/s1. The Bertz CT molecular complexity index is 559. The first-order valence-electron chi connectivity index (χ1n) is 11.0. The summed E-state index contributed by atoms with van der Waals surface area (Å²) in [7, 11) is 0. The van der Waals surface area contributed by atoms with E-state index in [2.05, 4.69) is 32.9 Å². The number of ether oxygens (including phenoxy) is 1. The van der Waals surface area contributed by atoms with E-state index in [4.69, 9.17) is 9.84 Å². The molecule has 0 aromatic heterocycles. The Hall–Kier alpha value is -1.10. The number of allylic oxidation sites excluding steroid dienone is 4. The Morgan fingerprint density at radius 1 is 1.21 bits per heavy atom. The zero-order chi connectivity index (χ0) is 20.5. The van der Waals surface area contributed by atoms with Gasteiger partial charge in [-0.05, 0) is 82.6 Å². The third-order valence-electron chi connectivity index (χ3n) is 6.26. The molecule has 0 aromatic rings. The third-order valence-corrected chi connectivity index (χ3v) is 6.26. The second kappa shape index (κ2) is 11.8. The van der Waals surface area contributed by atoms with E-state index in [0.29, 0.717) is 36.7 Å². The minimum Gasteiger partial charge on any atom is -0.512 e. The van der Waals surface area contributed by atoms with Crippen molar-refractivity contribution in [3.63, 3.8) is 0 Å². The first kappa shape index (κ1) is 23.2. The zero-order valence-electron chi connectivity index (χ0n) is 17.9. The molecule has 0 unspecified atom stereocenters. The molecule has 2 rings (SSSR count). The summed E-state index contributed by atoms with van der Waals surface area (Å²) in [6.45, 7) is 7.62. The van der Waals surface area contributed by atoms with E-state index in [1.165, 1.54) is 17.6 Å². The highest BCUT2D eigenvalue weighted by Crippen LogP contribution is 2.49. The molecule has 3 N–H and O–H groups in total. The van der Waals surface area contributed by atoms with Crippen LogP contribution in [0.15, 0.2) is 35.1 Å². The molecule has 2 aliphatic rings. The smallest absolute Gasteiger partial charge is 0.0942 e. The molecule has 4 nitrogen and oxygen atoms in total. The van der Waals surface area contributed by atoms with Crippen molar-refractivity contribution in [2.24, 2.45) is 23.7 Å². The van der Waals surface area contributed by atoms with Crippen molar-refractivity contribution in [3.8, 4) is 0 Å². The van der Waals surface area contributed by atoms with Crippen molar-refractivity contribution in [1.29, 1.82) is 0 Å². The normalized spacial score (nSPS) is 28.2. The van der Waals surface area contributed by atoms with E-state index >= 15 is 0 Å². The Kier molecular flexibility index (Phi) is 9.76. The lowest BCUT2D eigenvalue weighted by molar-refractivity contribution is 0.0928. The Morgan fingerprint density at radius 2 is 1.93 bits per heavy atom. The van der Waals surface area contributed by atoms with Crippen molar-refractivity contribution in [3.05, 3.63) is 35.1 Å². The molecular weight excluding hydrogens is 352 g/mol. The van der Waals surface area contributed by atoms with Crippen LogP contribution in [0.1, 0.15) is 65.7 Å². The fraction of sp³-hybridized carbons (Fsp3) is 0.750. The van der Waals surface area contributed by atoms with E-state index in [-0.39, 0.29) is 12.5 Å². The van der Waals surface area contributed by atoms with E-state index < -0.39 is 6.10 Å². The van der Waals surface area contributed by atoms with E-state index in [9.17, 15) is 10.2 Å². The van der Waals surface area contributed by atoms with Gasteiger partial charge >= 0.3 is 0 Å². The fourth-order valence-corrected chi connectivity index (χ4v) is 4.72. The van der Waals surface area contributed by atoms with Crippen molar-refractivity contribution >= 4 is 0 Å². The van der Waals surface area contributed by atoms with E-state index in [1.54, 1.807) is 0 Å². The highest BCUT2D eigenvalue weighted by molar-refractivity contribution is 5.22. The van der Waals surface area contributed by atoms with Crippen LogP contribution in [-0.4, -0.2) is 41.2 Å². The highest BCUT2D eigenvalue weighted by Gasteiger charge is 2.46. The van der Waals surface area contributed by atoms with Gasteiger partial charge in [0.25, 0.3) is 0 Å². The summed E-state index contributed by atoms with van der Waals surface area (Å²) >= 11 is 0. The Labute approximate surface area is 171 Å². The number of fused-ring (bicyclic) bond motifs is 1. The lowest BCUT2D eigenvalue weighted by atomic mass is 9.87. The molecule has 0 aromatic carbocycles. The van der Waals surface area contributed by atoms with Gasteiger partial charge in [0, 0.05) is 5.92 Å². The van der Waals surface area contributed by atoms with Gasteiger partial charge in [0.05, 0.1) is 31.7 Å². The first-order valence-corrected chi connectivity index (χ1v) is 11.0.